The highest BCUT2D eigenvalue weighted by molar-refractivity contribution is 7.89. The lowest BCUT2D eigenvalue weighted by Crippen LogP contribution is -2.58. The maximum absolute atomic E-state index is 14.8. The highest BCUT2D eigenvalue weighted by Crippen LogP contribution is 2.40. The van der Waals surface area contributed by atoms with Gasteiger partial charge in [-0.1, -0.05) is 55.1 Å². The van der Waals surface area contributed by atoms with Crippen molar-refractivity contribution in [3.05, 3.63) is 99.1 Å². The Bertz CT molecular complexity index is 2950. The van der Waals surface area contributed by atoms with Gasteiger partial charge in [-0.15, -0.1) is 0 Å². The maximum Gasteiger partial charge on any atom is 0.253 e. The van der Waals surface area contributed by atoms with Crippen LogP contribution >= 0.6 is 11.6 Å². The Labute approximate surface area is 480 Å². The number of carbonyl (C=O) groups is 7. The van der Waals surface area contributed by atoms with Crippen LogP contribution in [-0.2, 0) is 42.0 Å². The first-order valence-corrected chi connectivity index (χ1v) is 31.5. The second-order valence-corrected chi connectivity index (χ2v) is 26.1. The molecule has 436 valence electrons. The van der Waals surface area contributed by atoms with Gasteiger partial charge in [0.05, 0.1) is 34.8 Å². The van der Waals surface area contributed by atoms with E-state index in [0.717, 1.165) is 108 Å². The Morgan fingerprint density at radius 1 is 0.765 bits per heavy atom. The number of halogens is 1. The minimum absolute atomic E-state index is 0.0403. The molecule has 5 heterocycles. The average molecular weight is 1150 g/mol. The normalized spacial score (nSPS) is 25.0. The zero-order valence-corrected chi connectivity index (χ0v) is 48.2. The predicted molar refractivity (Wildman–Crippen MR) is 308 cm³/mol. The molecule has 7 N–H and O–H groups in total. The highest BCUT2D eigenvalue weighted by atomic mass is 35.5. The molecule has 2 aliphatic carbocycles. The van der Waals surface area contributed by atoms with E-state index in [9.17, 15) is 42.0 Å². The van der Waals surface area contributed by atoms with E-state index in [1.54, 1.807) is 59.6 Å². The molecule has 2 unspecified atom stereocenters. The van der Waals surface area contributed by atoms with Crippen LogP contribution in [0.1, 0.15) is 157 Å². The summed E-state index contributed by atoms with van der Waals surface area (Å²) in [6.07, 6.45) is 12.4. The molecule has 10 rings (SSSR count). The number of nitrogens with one attached hydrogen (secondary N) is 7. The molecule has 3 aromatic rings. The number of likely N-dealkylation sites (tertiary alicyclic amines) is 2. The Morgan fingerprint density at radius 3 is 2.17 bits per heavy atom. The molecule has 1 saturated carbocycles. The second-order valence-electron chi connectivity index (χ2n) is 23.8. The number of nitrogens with zero attached hydrogens (tertiary/aromatic N) is 3. The Kier molecular flexibility index (Phi) is 18.5. The quantitative estimate of drug-likeness (QED) is 0.0789. The van der Waals surface area contributed by atoms with Gasteiger partial charge in [0, 0.05) is 54.1 Å². The van der Waals surface area contributed by atoms with Crippen LogP contribution in [0.2, 0.25) is 5.02 Å². The molecule has 0 spiro atoms. The molecule has 3 aromatic carbocycles. The summed E-state index contributed by atoms with van der Waals surface area (Å²) in [7, 11) is -1.83. The summed E-state index contributed by atoms with van der Waals surface area (Å²) in [5.74, 6) is -1.95. The second kappa shape index (κ2) is 25.7. The Balaban J connectivity index is 0.673. The van der Waals surface area contributed by atoms with Crippen LogP contribution in [0.5, 0.6) is 0 Å². The number of rotatable bonds is 19. The van der Waals surface area contributed by atoms with Crippen LogP contribution in [0.3, 0.4) is 0 Å². The van der Waals surface area contributed by atoms with Gasteiger partial charge in [-0.05, 0) is 182 Å². The summed E-state index contributed by atoms with van der Waals surface area (Å²) in [6.45, 7) is 4.56. The summed E-state index contributed by atoms with van der Waals surface area (Å²) < 4.78 is 29.7. The van der Waals surface area contributed by atoms with Crippen LogP contribution in [0.25, 0.3) is 0 Å². The SMILES string of the molecule is CN[C@@H](C)C(=O)N[C@H](C(=O)N1C[C@@H](NC(=O)c2ccc(C(=O)NCCCN3CCC(CS(=O)(=O)N4[C@@H]5CC[C@H]4CC(NC(=O)c4cc6c(cc4Cl)NC(=O)C6)C5)CC3)cc2)C[C@H]1C(=O)NC1CCCc2ccccc21)C1CCCCC1. The monoisotopic (exact) mass is 1150 g/mol. The minimum atomic E-state index is -3.53. The van der Waals surface area contributed by atoms with E-state index in [1.807, 2.05) is 18.2 Å². The van der Waals surface area contributed by atoms with E-state index in [0.29, 0.717) is 48.2 Å². The van der Waals surface area contributed by atoms with Crippen molar-refractivity contribution in [1.29, 1.82) is 0 Å². The number of aryl methyl sites for hydroxylation is 1. The summed E-state index contributed by atoms with van der Waals surface area (Å²) in [5.41, 5.74) is 4.66. The lowest BCUT2D eigenvalue weighted by molar-refractivity contribution is -0.143. The van der Waals surface area contributed by atoms with E-state index in [2.05, 4.69) is 48.2 Å². The molecule has 81 heavy (non-hydrogen) atoms. The minimum Gasteiger partial charge on any atom is -0.352 e. The smallest absolute Gasteiger partial charge is 0.253 e. The largest absolute Gasteiger partial charge is 0.352 e. The van der Waals surface area contributed by atoms with Crippen LogP contribution in [-0.4, -0.2) is 152 Å². The molecule has 4 saturated heterocycles. The van der Waals surface area contributed by atoms with E-state index >= 15 is 0 Å². The molecule has 7 aliphatic rings. The van der Waals surface area contributed by atoms with Crippen molar-refractivity contribution in [2.75, 3.05) is 50.8 Å². The third-order valence-corrected chi connectivity index (χ3v) is 20.7. The van der Waals surface area contributed by atoms with E-state index in [-0.39, 0.29) is 102 Å². The van der Waals surface area contributed by atoms with Gasteiger partial charge in [0.25, 0.3) is 17.7 Å². The average Bonchev–Trinajstić information content (AvgIpc) is 4.33. The van der Waals surface area contributed by atoms with Crippen LogP contribution in [0.4, 0.5) is 5.69 Å². The van der Waals surface area contributed by atoms with Crippen molar-refractivity contribution < 1.29 is 42.0 Å². The summed E-state index contributed by atoms with van der Waals surface area (Å²) >= 11 is 6.43. The Hall–Kier alpha value is -5.93. The Morgan fingerprint density at radius 2 is 1.46 bits per heavy atom. The van der Waals surface area contributed by atoms with Crippen molar-refractivity contribution in [1.82, 2.24) is 46.0 Å². The molecule has 0 radical (unpaired) electrons. The molecule has 8 atom stereocenters. The fraction of sp³-hybridized carbons (Fsp3) is 0.583. The molecular formula is C60H79ClN10O9S. The van der Waals surface area contributed by atoms with Crippen molar-refractivity contribution in [3.8, 4) is 0 Å². The van der Waals surface area contributed by atoms with E-state index < -0.39 is 40.1 Å². The number of anilines is 1. The molecule has 5 aliphatic heterocycles. The molecule has 0 aromatic heterocycles. The van der Waals surface area contributed by atoms with Gasteiger partial charge in [-0.25, -0.2) is 8.42 Å². The molecular weight excluding hydrogens is 1070 g/mol. The molecule has 2 bridgehead atoms. The molecule has 19 nitrogen and oxygen atoms in total. The maximum atomic E-state index is 14.8. The number of benzene rings is 3. The number of fused-ring (bicyclic) bond motifs is 4. The third-order valence-electron chi connectivity index (χ3n) is 18.3. The first-order valence-electron chi connectivity index (χ1n) is 29.5. The summed E-state index contributed by atoms with van der Waals surface area (Å²) in [4.78, 5) is 98.7. The van der Waals surface area contributed by atoms with Crippen molar-refractivity contribution >= 4 is 68.7 Å². The van der Waals surface area contributed by atoms with Crippen LogP contribution in [0.15, 0.2) is 60.7 Å². The fourth-order valence-electron chi connectivity index (χ4n) is 13.8. The standard InChI is InChI=1S/C60H79ClN10O9S/c1-36(62-2)55(73)68-54(39-11-4-3-5-12-39)60(78)70-34-44(32-52(70)59(77)67-50-15-8-13-38-10-6-7-14-47(38)50)65-57(75)41-18-16-40(17-19-41)56(74)63-24-9-25-69-26-22-37(23-27-69)35-81(79,80)71-45-20-21-46(71)31-43(30-45)64-58(76)48-28-42-29-53(72)66-51(42)33-49(48)61/h6-7,10,14,16-19,28,33,36-37,39,43-46,50,52,54,62H,3-5,8-9,11-13,15,20-27,29-32,34-35H2,1-2H3,(H,63,74)(H,64,76)(H,65,75)(H,66,72)(H,67,77)(H,68,73)/t36-,43?,44-,45-,46+,50?,52-,54-/m0/s1. The van der Waals surface area contributed by atoms with Crippen molar-refractivity contribution in [3.63, 3.8) is 0 Å². The lowest BCUT2D eigenvalue weighted by atomic mass is 9.83. The first kappa shape index (κ1) is 58.3. The summed E-state index contributed by atoms with van der Waals surface area (Å²) in [5, 5.41) is 21.4. The first-order chi connectivity index (χ1) is 39.0. The molecule has 7 amide bonds. The van der Waals surface area contributed by atoms with Crippen molar-refractivity contribution in [2.45, 2.75) is 164 Å². The molecule has 21 heteroatoms. The summed E-state index contributed by atoms with van der Waals surface area (Å²) in [6, 6.07) is 14.3. The van der Waals surface area contributed by atoms with Gasteiger partial charge >= 0.3 is 0 Å². The van der Waals surface area contributed by atoms with Crippen LogP contribution in [0, 0.1) is 11.8 Å². The van der Waals surface area contributed by atoms with Gasteiger partial charge in [0.2, 0.25) is 33.7 Å². The predicted octanol–water partition coefficient (Wildman–Crippen LogP) is 4.99. The van der Waals surface area contributed by atoms with Gasteiger partial charge in [-0.2, -0.15) is 4.31 Å². The van der Waals surface area contributed by atoms with E-state index in [4.69, 9.17) is 11.6 Å². The molecule has 5 fully saturated rings. The third kappa shape index (κ3) is 13.6. The number of hydrogen-bond acceptors (Lipinski definition) is 11. The van der Waals surface area contributed by atoms with Gasteiger partial charge < -0.3 is 47.0 Å². The lowest BCUT2D eigenvalue weighted by Gasteiger charge is -2.39. The highest BCUT2D eigenvalue weighted by Gasteiger charge is 2.48. The zero-order valence-electron chi connectivity index (χ0n) is 46.6. The van der Waals surface area contributed by atoms with Crippen molar-refractivity contribution in [2.24, 2.45) is 11.8 Å². The number of carbonyl (C=O) groups excluding carboxylic acids is 7. The van der Waals surface area contributed by atoms with Gasteiger partial charge in [0.1, 0.15) is 12.1 Å². The number of piperidine rings is 2. The zero-order chi connectivity index (χ0) is 57.0. The topological polar surface area (TPSA) is 248 Å². The number of amides is 7. The van der Waals surface area contributed by atoms with Gasteiger partial charge in [0.15, 0.2) is 0 Å². The number of sulfonamides is 1. The number of hydrogen-bond donors (Lipinski definition) is 7. The number of likely N-dealkylation sites (N-methyl/N-ethyl adjacent to an activating group) is 1. The van der Waals surface area contributed by atoms with Gasteiger partial charge in [-0.3, -0.25) is 33.6 Å². The van der Waals surface area contributed by atoms with Crippen LogP contribution < -0.4 is 37.2 Å². The van der Waals surface area contributed by atoms with E-state index in [1.165, 1.54) is 5.56 Å². The fourth-order valence-corrected chi connectivity index (χ4v) is 16.5.